The molecule has 6 nitrogen and oxygen atoms in total. The molecular weight excluding hydrogens is 492 g/mol. The minimum atomic E-state index is -0.699. The molecular formula is C33H30O6. The molecule has 4 rings (SSSR count). The first-order chi connectivity index (χ1) is 18.8. The van der Waals surface area contributed by atoms with E-state index in [-0.39, 0.29) is 36.5 Å². The third-order valence-electron chi connectivity index (χ3n) is 6.12. The van der Waals surface area contributed by atoms with Gasteiger partial charge < -0.3 is 14.2 Å². The summed E-state index contributed by atoms with van der Waals surface area (Å²) in [4.78, 5) is 39.3. The number of esters is 3. The molecule has 198 valence electrons. The Kier molecular flexibility index (Phi) is 8.90. The zero-order valence-electron chi connectivity index (χ0n) is 22.2. The summed E-state index contributed by atoms with van der Waals surface area (Å²) in [6, 6.07) is 22.6. The average molecular weight is 523 g/mol. The van der Waals surface area contributed by atoms with Gasteiger partial charge in [-0.05, 0) is 55.7 Å². The maximum absolute atomic E-state index is 13.1. The molecule has 1 fully saturated rings. The van der Waals surface area contributed by atoms with Crippen LogP contribution >= 0.6 is 0 Å². The van der Waals surface area contributed by atoms with Crippen molar-refractivity contribution >= 4 is 36.1 Å². The smallest absolute Gasteiger partial charge is 0.337 e. The molecule has 1 aliphatic rings. The van der Waals surface area contributed by atoms with Crippen molar-refractivity contribution in [3.63, 3.8) is 0 Å². The van der Waals surface area contributed by atoms with Crippen LogP contribution in [0.5, 0.6) is 0 Å². The maximum atomic E-state index is 13.1. The van der Waals surface area contributed by atoms with E-state index in [0.29, 0.717) is 0 Å². The van der Waals surface area contributed by atoms with Crippen LogP contribution in [-0.4, -0.2) is 37.7 Å². The lowest BCUT2D eigenvalue weighted by molar-refractivity contribution is -0.145. The first-order valence-corrected chi connectivity index (χ1v) is 12.6. The number of benzene rings is 3. The van der Waals surface area contributed by atoms with Crippen molar-refractivity contribution in [1.29, 1.82) is 0 Å². The predicted octanol–water partition coefficient (Wildman–Crippen LogP) is 5.81. The minimum absolute atomic E-state index is 0.144. The topological polar surface area (TPSA) is 78.9 Å². The number of hydrogen-bond acceptors (Lipinski definition) is 6. The number of ether oxygens (including phenoxy) is 3. The Bertz CT molecular complexity index is 1260. The molecule has 0 spiro atoms. The molecule has 3 aromatic carbocycles. The normalized spacial score (nSPS) is 18.2. The number of hydrogen-bond donors (Lipinski definition) is 0. The van der Waals surface area contributed by atoms with Crippen molar-refractivity contribution in [3.05, 3.63) is 123 Å². The van der Waals surface area contributed by atoms with E-state index >= 15 is 0 Å². The molecule has 39 heavy (non-hydrogen) atoms. The Hall–Kier alpha value is -4.71. The van der Waals surface area contributed by atoms with Gasteiger partial charge in [-0.25, -0.2) is 14.4 Å². The fourth-order valence-corrected chi connectivity index (χ4v) is 3.78. The van der Waals surface area contributed by atoms with Gasteiger partial charge in [-0.2, -0.15) is 0 Å². The molecule has 0 N–H and O–H groups in total. The van der Waals surface area contributed by atoms with Gasteiger partial charge >= 0.3 is 17.9 Å². The molecule has 6 heteroatoms. The van der Waals surface area contributed by atoms with Crippen molar-refractivity contribution in [2.45, 2.75) is 20.8 Å². The first kappa shape index (κ1) is 27.3. The Morgan fingerprint density at radius 2 is 0.667 bits per heavy atom. The Morgan fingerprint density at radius 1 is 0.436 bits per heavy atom. The molecule has 0 amide bonds. The van der Waals surface area contributed by atoms with Gasteiger partial charge in [0.1, 0.15) is 19.8 Å². The van der Waals surface area contributed by atoms with Gasteiger partial charge in [0.15, 0.2) is 0 Å². The lowest BCUT2D eigenvalue weighted by atomic mass is 10.1. The summed E-state index contributed by atoms with van der Waals surface area (Å²) >= 11 is 0. The minimum Gasteiger partial charge on any atom is -0.457 e. The third kappa shape index (κ3) is 7.89. The van der Waals surface area contributed by atoms with Gasteiger partial charge in [-0.1, -0.05) is 89.5 Å². The van der Waals surface area contributed by atoms with E-state index in [1.54, 1.807) is 18.2 Å². The average Bonchev–Trinajstić information content (AvgIpc) is 2.93. The predicted molar refractivity (Wildman–Crippen MR) is 150 cm³/mol. The van der Waals surface area contributed by atoms with E-state index in [9.17, 15) is 14.4 Å². The van der Waals surface area contributed by atoms with Crippen molar-refractivity contribution in [2.75, 3.05) is 19.8 Å². The van der Waals surface area contributed by atoms with E-state index in [0.717, 1.165) is 33.4 Å². The molecule has 0 saturated carbocycles. The summed E-state index contributed by atoms with van der Waals surface area (Å²) in [5, 5.41) is 0. The summed E-state index contributed by atoms with van der Waals surface area (Å²) in [5.41, 5.74) is 5.89. The molecule has 3 aromatic rings. The number of rotatable bonds is 3. The van der Waals surface area contributed by atoms with Crippen molar-refractivity contribution < 1.29 is 28.6 Å². The first-order valence-electron chi connectivity index (χ1n) is 12.6. The van der Waals surface area contributed by atoms with E-state index in [4.69, 9.17) is 14.2 Å². The fourth-order valence-electron chi connectivity index (χ4n) is 3.78. The Balaban J connectivity index is 1.70. The van der Waals surface area contributed by atoms with Crippen molar-refractivity contribution in [1.82, 2.24) is 0 Å². The Morgan fingerprint density at radius 3 is 0.897 bits per heavy atom. The van der Waals surface area contributed by atoms with Crippen LogP contribution in [0.1, 0.15) is 33.4 Å². The molecule has 0 atom stereocenters. The van der Waals surface area contributed by atoms with Gasteiger partial charge in [0.2, 0.25) is 0 Å². The summed E-state index contributed by atoms with van der Waals surface area (Å²) in [7, 11) is 0. The molecule has 1 saturated heterocycles. The van der Waals surface area contributed by atoms with Crippen LogP contribution in [0, 0.1) is 20.8 Å². The van der Waals surface area contributed by atoms with E-state index in [1.165, 1.54) is 0 Å². The van der Waals surface area contributed by atoms with Crippen LogP contribution in [-0.2, 0) is 28.6 Å². The largest absolute Gasteiger partial charge is 0.457 e. The summed E-state index contributed by atoms with van der Waals surface area (Å²) in [6.07, 6.45) is 4.85. The molecule has 1 aliphatic heterocycles. The fraction of sp³-hybridized carbons (Fsp3) is 0.182. The van der Waals surface area contributed by atoms with E-state index < -0.39 is 17.9 Å². The lowest BCUT2D eigenvalue weighted by Crippen LogP contribution is -2.23. The molecule has 0 aliphatic carbocycles. The van der Waals surface area contributed by atoms with E-state index in [2.05, 4.69) is 0 Å². The molecule has 0 radical (unpaired) electrons. The Labute approximate surface area is 228 Å². The van der Waals surface area contributed by atoms with Gasteiger partial charge in [0.05, 0.1) is 16.7 Å². The standard InChI is InChI=1S/C33H30O6/c1-22-4-10-25(11-5-22)16-28-19-37-32(35)30(18-27-14-8-24(3)9-15-27)21-39-33(36)29(20-38-31(28)34)17-26-12-6-23(2)7-13-26/h4-18H,19-21H2,1-3H3/b28-16+,29-17+,30-18+. The van der Waals surface area contributed by atoms with E-state index in [1.807, 2.05) is 93.6 Å². The van der Waals surface area contributed by atoms with Crippen LogP contribution in [0.25, 0.3) is 18.2 Å². The second kappa shape index (κ2) is 12.7. The van der Waals surface area contributed by atoms with Gasteiger partial charge in [-0.3, -0.25) is 0 Å². The molecule has 0 bridgehead atoms. The highest BCUT2D eigenvalue weighted by Gasteiger charge is 2.23. The number of carbonyl (C=O) groups excluding carboxylic acids is 3. The van der Waals surface area contributed by atoms with Crippen LogP contribution in [0.2, 0.25) is 0 Å². The van der Waals surface area contributed by atoms with Gasteiger partial charge in [0.25, 0.3) is 0 Å². The second-order valence-electron chi connectivity index (χ2n) is 9.47. The van der Waals surface area contributed by atoms with Crippen LogP contribution in [0.3, 0.4) is 0 Å². The SMILES string of the molecule is Cc1ccc(/C=C2\COC(=O)/C(=C/c3ccc(C)cc3)COC(=O)/C(=C/c3ccc(C)cc3)COC2=O)cc1. The third-order valence-corrected chi connectivity index (χ3v) is 6.12. The van der Waals surface area contributed by atoms with Gasteiger partial charge in [-0.15, -0.1) is 0 Å². The number of aryl methyl sites for hydroxylation is 3. The van der Waals surface area contributed by atoms with Gasteiger partial charge in [0, 0.05) is 0 Å². The summed E-state index contributed by atoms with van der Waals surface area (Å²) in [5.74, 6) is -2.10. The highest BCUT2D eigenvalue weighted by atomic mass is 16.6. The monoisotopic (exact) mass is 522 g/mol. The summed E-state index contributed by atoms with van der Waals surface area (Å²) < 4.78 is 16.5. The molecule has 0 unspecified atom stereocenters. The van der Waals surface area contributed by atoms with Crippen molar-refractivity contribution in [2.24, 2.45) is 0 Å². The number of carbonyl (C=O) groups is 3. The lowest BCUT2D eigenvalue weighted by Gasteiger charge is -2.15. The quantitative estimate of drug-likeness (QED) is 0.246. The maximum Gasteiger partial charge on any atom is 0.337 e. The highest BCUT2D eigenvalue weighted by Crippen LogP contribution is 2.18. The number of cyclic esters (lactones) is 3. The van der Waals surface area contributed by atoms with Crippen LogP contribution in [0.15, 0.2) is 89.5 Å². The zero-order chi connectivity index (χ0) is 27.8. The zero-order valence-corrected chi connectivity index (χ0v) is 22.2. The summed E-state index contributed by atoms with van der Waals surface area (Å²) in [6.45, 7) is 4.98. The molecule has 0 aromatic heterocycles. The molecule has 1 heterocycles. The van der Waals surface area contributed by atoms with Crippen molar-refractivity contribution in [3.8, 4) is 0 Å². The second-order valence-corrected chi connectivity index (χ2v) is 9.47. The van der Waals surface area contributed by atoms with Crippen LogP contribution in [0.4, 0.5) is 0 Å². The highest BCUT2D eigenvalue weighted by molar-refractivity contribution is 5.99. The van der Waals surface area contributed by atoms with Crippen LogP contribution < -0.4 is 0 Å².